The van der Waals surface area contributed by atoms with E-state index in [1.165, 1.54) is 6.07 Å². The zero-order valence-corrected chi connectivity index (χ0v) is 13.7. The van der Waals surface area contributed by atoms with E-state index in [0.717, 1.165) is 11.1 Å². The van der Waals surface area contributed by atoms with Crippen molar-refractivity contribution in [1.29, 1.82) is 0 Å². The summed E-state index contributed by atoms with van der Waals surface area (Å²) >= 11 is 0. The van der Waals surface area contributed by atoms with Crippen molar-refractivity contribution in [3.8, 4) is 22.6 Å². The van der Waals surface area contributed by atoms with Crippen LogP contribution in [0.5, 0.6) is 11.5 Å². The number of rotatable bonds is 2. The van der Waals surface area contributed by atoms with E-state index in [-0.39, 0.29) is 5.75 Å². The summed E-state index contributed by atoms with van der Waals surface area (Å²) in [6.07, 6.45) is 0. The molecule has 2 unspecified atom stereocenters. The SMILES string of the molecule is NC(c1ccccc1O)P1(=O)Oc2ccccc2-c2ccccc21. The molecule has 2 atom stereocenters. The Labute approximate surface area is 140 Å². The molecular weight excluding hydrogens is 321 g/mol. The van der Waals surface area contributed by atoms with Crippen LogP contribution in [-0.4, -0.2) is 5.11 Å². The summed E-state index contributed by atoms with van der Waals surface area (Å²) in [6, 6.07) is 21.6. The van der Waals surface area contributed by atoms with Crippen LogP contribution in [-0.2, 0) is 4.57 Å². The van der Waals surface area contributed by atoms with Gasteiger partial charge in [-0.15, -0.1) is 0 Å². The first-order valence-electron chi connectivity index (χ1n) is 7.63. The fourth-order valence-corrected chi connectivity index (χ4v) is 5.44. The molecule has 3 N–H and O–H groups in total. The summed E-state index contributed by atoms with van der Waals surface area (Å²) in [5.41, 5.74) is 8.49. The molecule has 0 bridgehead atoms. The van der Waals surface area contributed by atoms with Crippen molar-refractivity contribution in [1.82, 2.24) is 0 Å². The number of fused-ring (bicyclic) bond motifs is 3. The number of hydrogen-bond acceptors (Lipinski definition) is 4. The Morgan fingerprint density at radius 3 is 2.29 bits per heavy atom. The Kier molecular flexibility index (Phi) is 3.45. The number of nitrogens with two attached hydrogens (primary N) is 1. The first-order valence-corrected chi connectivity index (χ1v) is 9.32. The van der Waals surface area contributed by atoms with Crippen molar-refractivity contribution in [2.24, 2.45) is 5.73 Å². The number of phenolic OH excluding ortho intramolecular Hbond substituents is 1. The van der Waals surface area contributed by atoms with Gasteiger partial charge in [-0.25, -0.2) is 0 Å². The van der Waals surface area contributed by atoms with Crippen LogP contribution in [0.1, 0.15) is 11.3 Å². The third-order valence-corrected chi connectivity index (χ3v) is 6.81. The maximum atomic E-state index is 13.8. The van der Waals surface area contributed by atoms with Crippen molar-refractivity contribution in [3.63, 3.8) is 0 Å². The molecule has 24 heavy (non-hydrogen) atoms. The number of hydrogen-bond donors (Lipinski definition) is 2. The molecule has 0 radical (unpaired) electrons. The zero-order valence-electron chi connectivity index (χ0n) is 12.8. The van der Waals surface area contributed by atoms with Crippen LogP contribution in [0.3, 0.4) is 0 Å². The quantitative estimate of drug-likeness (QED) is 0.693. The Hall–Kier alpha value is -2.55. The summed E-state index contributed by atoms with van der Waals surface area (Å²) < 4.78 is 19.7. The minimum Gasteiger partial charge on any atom is -0.508 e. The van der Waals surface area contributed by atoms with Gasteiger partial charge in [-0.2, -0.15) is 0 Å². The van der Waals surface area contributed by atoms with E-state index in [4.69, 9.17) is 10.3 Å². The van der Waals surface area contributed by atoms with E-state index in [0.29, 0.717) is 16.6 Å². The highest BCUT2D eigenvalue weighted by molar-refractivity contribution is 7.68. The van der Waals surface area contributed by atoms with E-state index < -0.39 is 13.2 Å². The Morgan fingerprint density at radius 2 is 1.50 bits per heavy atom. The van der Waals surface area contributed by atoms with Crippen LogP contribution in [0, 0.1) is 0 Å². The molecule has 120 valence electrons. The van der Waals surface area contributed by atoms with E-state index in [1.807, 2.05) is 36.4 Å². The van der Waals surface area contributed by atoms with Crippen molar-refractivity contribution in [3.05, 3.63) is 78.4 Å². The molecule has 0 amide bonds. The first-order chi connectivity index (χ1) is 11.6. The highest BCUT2D eigenvalue weighted by Gasteiger charge is 2.42. The molecule has 4 nitrogen and oxygen atoms in total. The lowest BCUT2D eigenvalue weighted by Crippen LogP contribution is -2.26. The van der Waals surface area contributed by atoms with Crippen LogP contribution in [0.25, 0.3) is 11.1 Å². The second kappa shape index (κ2) is 5.52. The van der Waals surface area contributed by atoms with Gasteiger partial charge in [-0.05, 0) is 23.8 Å². The number of phenols is 1. The van der Waals surface area contributed by atoms with Gasteiger partial charge < -0.3 is 15.4 Å². The van der Waals surface area contributed by atoms with Gasteiger partial charge in [0.1, 0.15) is 17.3 Å². The van der Waals surface area contributed by atoms with Crippen LogP contribution in [0.15, 0.2) is 72.8 Å². The smallest absolute Gasteiger partial charge is 0.298 e. The van der Waals surface area contributed by atoms with E-state index in [2.05, 4.69) is 0 Å². The van der Waals surface area contributed by atoms with Crippen LogP contribution < -0.4 is 15.6 Å². The lowest BCUT2D eigenvalue weighted by atomic mass is 10.0. The fraction of sp³-hybridized carbons (Fsp3) is 0.0526. The third-order valence-electron chi connectivity index (χ3n) is 4.27. The molecular formula is C19H16NO3P. The third kappa shape index (κ3) is 2.15. The summed E-state index contributed by atoms with van der Waals surface area (Å²) in [5.74, 6) is -0.390. The minimum atomic E-state index is -3.46. The summed E-state index contributed by atoms with van der Waals surface area (Å²) in [5, 5.41) is 10.7. The Bertz CT molecular complexity index is 970. The largest absolute Gasteiger partial charge is 0.508 e. The monoisotopic (exact) mass is 337 g/mol. The molecule has 0 spiro atoms. The molecule has 1 aliphatic heterocycles. The van der Waals surface area contributed by atoms with Crippen LogP contribution in [0.4, 0.5) is 0 Å². The molecule has 1 aliphatic rings. The zero-order chi connectivity index (χ0) is 16.7. The summed E-state index contributed by atoms with van der Waals surface area (Å²) in [4.78, 5) is 0. The minimum absolute atomic E-state index is 0.0140. The molecule has 3 aromatic rings. The maximum absolute atomic E-state index is 13.8. The average molecular weight is 337 g/mol. The highest BCUT2D eigenvalue weighted by atomic mass is 31.2. The van der Waals surface area contributed by atoms with Gasteiger partial charge in [0.2, 0.25) is 0 Å². The molecule has 0 aromatic heterocycles. The van der Waals surface area contributed by atoms with E-state index >= 15 is 0 Å². The fourth-order valence-electron chi connectivity index (χ4n) is 3.06. The lowest BCUT2D eigenvalue weighted by Gasteiger charge is -2.32. The molecule has 1 heterocycles. The number of para-hydroxylation sites is 2. The molecule has 0 fully saturated rings. The van der Waals surface area contributed by atoms with Crippen molar-refractivity contribution in [2.75, 3.05) is 0 Å². The van der Waals surface area contributed by atoms with Gasteiger partial charge in [0.15, 0.2) is 0 Å². The number of benzene rings is 3. The van der Waals surface area contributed by atoms with Crippen LogP contribution >= 0.6 is 7.37 Å². The van der Waals surface area contributed by atoms with Gasteiger partial charge in [-0.3, -0.25) is 4.57 Å². The molecule has 3 aromatic carbocycles. The standard InChI is InChI=1S/C19H16NO3P/c20-19(15-9-1-4-10-16(15)21)24(22)18-12-6-3-8-14(18)13-7-2-5-11-17(13)23-24/h1-12,19,21H,20H2. The van der Waals surface area contributed by atoms with Gasteiger partial charge >= 0.3 is 0 Å². The average Bonchev–Trinajstić information content (AvgIpc) is 2.62. The normalized spacial score (nSPS) is 19.7. The second-order valence-corrected chi connectivity index (χ2v) is 8.12. The van der Waals surface area contributed by atoms with Gasteiger partial charge in [0.25, 0.3) is 7.37 Å². The Morgan fingerprint density at radius 1 is 0.875 bits per heavy atom. The van der Waals surface area contributed by atoms with Gasteiger partial charge in [0.05, 0.1) is 5.30 Å². The summed E-state index contributed by atoms with van der Waals surface area (Å²) in [7, 11) is -3.46. The van der Waals surface area contributed by atoms with Crippen molar-refractivity contribution < 1.29 is 14.2 Å². The highest BCUT2D eigenvalue weighted by Crippen LogP contribution is 2.62. The molecule has 0 saturated carbocycles. The lowest BCUT2D eigenvalue weighted by molar-refractivity contribution is 0.455. The topological polar surface area (TPSA) is 72.5 Å². The second-order valence-electron chi connectivity index (χ2n) is 5.71. The number of aromatic hydroxyl groups is 1. The van der Waals surface area contributed by atoms with E-state index in [1.54, 1.807) is 30.3 Å². The van der Waals surface area contributed by atoms with Gasteiger partial charge in [-0.1, -0.05) is 54.6 Å². The predicted octanol–water partition coefficient (Wildman–Crippen LogP) is 4.01. The van der Waals surface area contributed by atoms with E-state index in [9.17, 15) is 9.67 Å². The predicted molar refractivity (Wildman–Crippen MR) is 94.8 cm³/mol. The van der Waals surface area contributed by atoms with Gasteiger partial charge in [0, 0.05) is 11.1 Å². The molecule has 0 aliphatic carbocycles. The molecule has 0 saturated heterocycles. The van der Waals surface area contributed by atoms with Crippen LogP contribution in [0.2, 0.25) is 0 Å². The molecule has 4 rings (SSSR count). The first kappa shape index (κ1) is 15.0. The summed E-state index contributed by atoms with van der Waals surface area (Å²) in [6.45, 7) is 0. The maximum Gasteiger partial charge on any atom is 0.298 e. The van der Waals surface area contributed by atoms with Crippen molar-refractivity contribution in [2.45, 2.75) is 5.78 Å². The Balaban J connectivity index is 1.93. The molecule has 5 heteroatoms. The van der Waals surface area contributed by atoms with Crippen molar-refractivity contribution >= 4 is 12.7 Å².